The molecule has 10 heteroatoms. The van der Waals surface area contributed by atoms with Crippen LogP contribution in [0, 0.1) is 5.92 Å². The van der Waals surface area contributed by atoms with Crippen molar-refractivity contribution in [2.45, 2.75) is 50.6 Å². The van der Waals surface area contributed by atoms with E-state index in [2.05, 4.69) is 40.4 Å². The highest BCUT2D eigenvalue weighted by Crippen LogP contribution is 2.37. The van der Waals surface area contributed by atoms with Crippen molar-refractivity contribution in [3.8, 4) is 5.75 Å². The number of aryl methyl sites for hydroxylation is 2. The van der Waals surface area contributed by atoms with E-state index < -0.39 is 15.9 Å². The predicted molar refractivity (Wildman–Crippen MR) is 143 cm³/mol. The van der Waals surface area contributed by atoms with Gasteiger partial charge in [-0.25, -0.2) is 14.7 Å². The molecule has 3 aromatic rings. The van der Waals surface area contributed by atoms with Gasteiger partial charge in [0.2, 0.25) is 0 Å². The number of sulfonamides is 1. The molecule has 0 saturated carbocycles. The molecule has 1 amide bonds. The third-order valence-electron chi connectivity index (χ3n) is 6.61. The quantitative estimate of drug-likeness (QED) is 0.459. The number of pyridine rings is 2. The van der Waals surface area contributed by atoms with Crippen LogP contribution in [0.25, 0.3) is 0 Å². The zero-order valence-electron chi connectivity index (χ0n) is 21.6. The van der Waals surface area contributed by atoms with Crippen LogP contribution in [0.15, 0.2) is 59.8 Å². The van der Waals surface area contributed by atoms with Crippen molar-refractivity contribution in [1.82, 2.24) is 14.7 Å². The fraction of sp³-hybridized carbons (Fsp3) is 0.370. The second-order valence-electron chi connectivity index (χ2n) is 10.1. The van der Waals surface area contributed by atoms with Gasteiger partial charge in [0.25, 0.3) is 15.9 Å². The Labute approximate surface area is 218 Å². The van der Waals surface area contributed by atoms with E-state index in [1.165, 1.54) is 18.2 Å². The smallest absolute Gasteiger partial charge is 0.281 e. The van der Waals surface area contributed by atoms with Gasteiger partial charge in [0, 0.05) is 18.3 Å². The number of methoxy groups -OCH3 is 1. The average molecular weight is 524 g/mol. The molecule has 3 N–H and O–H groups in total. The minimum absolute atomic E-state index is 0.0472. The first-order valence-electron chi connectivity index (χ1n) is 12.2. The first-order valence-corrected chi connectivity index (χ1v) is 13.7. The van der Waals surface area contributed by atoms with Crippen molar-refractivity contribution in [3.05, 3.63) is 71.4 Å². The zero-order chi connectivity index (χ0) is 26.8. The normalized spacial score (nSPS) is 17.0. The lowest BCUT2D eigenvalue weighted by Crippen LogP contribution is -2.41. The number of rotatable bonds is 8. The molecule has 37 heavy (non-hydrogen) atoms. The van der Waals surface area contributed by atoms with Crippen molar-refractivity contribution < 1.29 is 17.9 Å². The van der Waals surface area contributed by atoms with Crippen molar-refractivity contribution in [1.29, 1.82) is 0 Å². The maximum Gasteiger partial charge on any atom is 0.281 e. The molecule has 2 aromatic heterocycles. The van der Waals surface area contributed by atoms with Gasteiger partial charge < -0.3 is 15.4 Å². The van der Waals surface area contributed by atoms with Gasteiger partial charge in [-0.15, -0.1) is 0 Å². The SMILES string of the molecule is COc1ccc(CCc2cnc(N3CC(C)CC3(C)C)c(C(=O)NS(=O)(=O)c3cccc(N)n3)c2)cc1. The highest BCUT2D eigenvalue weighted by Gasteiger charge is 2.39. The lowest BCUT2D eigenvalue weighted by atomic mass is 9.97. The Morgan fingerprint density at radius 3 is 2.49 bits per heavy atom. The summed E-state index contributed by atoms with van der Waals surface area (Å²) < 4.78 is 33.3. The summed E-state index contributed by atoms with van der Waals surface area (Å²) in [4.78, 5) is 24.1. The van der Waals surface area contributed by atoms with Gasteiger partial charge in [0.15, 0.2) is 5.03 Å². The Morgan fingerprint density at radius 1 is 1.16 bits per heavy atom. The summed E-state index contributed by atoms with van der Waals surface area (Å²) in [6.07, 6.45) is 4.05. The minimum atomic E-state index is -4.23. The first-order chi connectivity index (χ1) is 17.5. The molecule has 1 aliphatic heterocycles. The first kappa shape index (κ1) is 26.4. The number of amides is 1. The zero-order valence-corrected chi connectivity index (χ0v) is 22.4. The molecular formula is C27H33N5O4S. The van der Waals surface area contributed by atoms with E-state index in [0.717, 1.165) is 36.3 Å². The lowest BCUT2D eigenvalue weighted by molar-refractivity contribution is 0.0981. The van der Waals surface area contributed by atoms with Crippen molar-refractivity contribution >= 4 is 27.6 Å². The number of nitrogen functional groups attached to an aromatic ring is 1. The van der Waals surface area contributed by atoms with Crippen LogP contribution in [0.4, 0.5) is 11.6 Å². The third-order valence-corrected chi connectivity index (χ3v) is 7.84. The van der Waals surface area contributed by atoms with Crippen LogP contribution in [0.5, 0.6) is 5.75 Å². The number of anilines is 2. The number of nitrogens with one attached hydrogen (secondary N) is 1. The van der Waals surface area contributed by atoms with Crippen molar-refractivity contribution in [2.75, 3.05) is 24.3 Å². The molecule has 0 radical (unpaired) electrons. The molecule has 1 aromatic carbocycles. The van der Waals surface area contributed by atoms with E-state index in [0.29, 0.717) is 18.2 Å². The summed E-state index contributed by atoms with van der Waals surface area (Å²) in [5, 5.41) is -0.318. The van der Waals surface area contributed by atoms with Gasteiger partial charge in [0.05, 0.1) is 12.7 Å². The molecule has 4 rings (SSSR count). The molecule has 196 valence electrons. The standard InChI is InChI=1S/C27H33N5O4S/c1-18-15-27(2,3)32(17-18)25-22(26(33)31-37(34,35)24-7-5-6-23(28)30-24)14-20(16-29-25)9-8-19-10-12-21(36-4)13-11-19/h5-7,10-14,16,18H,8-9,15,17H2,1-4H3,(H2,28,30)(H,31,33). The lowest BCUT2D eigenvalue weighted by Gasteiger charge is -2.33. The van der Waals surface area contributed by atoms with E-state index in [4.69, 9.17) is 10.5 Å². The van der Waals surface area contributed by atoms with Crippen LogP contribution in [-0.4, -0.2) is 43.5 Å². The number of carbonyl (C=O) groups excluding carboxylic acids is 1. The minimum Gasteiger partial charge on any atom is -0.497 e. The molecule has 9 nitrogen and oxygen atoms in total. The molecule has 0 spiro atoms. The van der Waals surface area contributed by atoms with E-state index in [1.54, 1.807) is 19.4 Å². The molecule has 1 unspecified atom stereocenters. The largest absolute Gasteiger partial charge is 0.497 e. The second-order valence-corrected chi connectivity index (χ2v) is 11.8. The number of carbonyl (C=O) groups is 1. The summed E-state index contributed by atoms with van der Waals surface area (Å²) in [5.41, 5.74) is 7.57. The number of benzene rings is 1. The fourth-order valence-electron chi connectivity index (χ4n) is 4.87. The summed E-state index contributed by atoms with van der Waals surface area (Å²) in [5.74, 6) is 0.949. The fourth-order valence-corrected chi connectivity index (χ4v) is 5.81. The molecule has 1 aliphatic rings. The summed E-state index contributed by atoms with van der Waals surface area (Å²) in [7, 11) is -2.61. The summed E-state index contributed by atoms with van der Waals surface area (Å²) in [6, 6.07) is 13.8. The molecular weight excluding hydrogens is 490 g/mol. The maximum atomic E-state index is 13.5. The highest BCUT2D eigenvalue weighted by atomic mass is 32.2. The molecule has 0 bridgehead atoms. The van der Waals surface area contributed by atoms with E-state index in [9.17, 15) is 13.2 Å². The van der Waals surface area contributed by atoms with Gasteiger partial charge in [0.1, 0.15) is 17.4 Å². The Kier molecular flexibility index (Phi) is 7.40. The van der Waals surface area contributed by atoms with Crippen LogP contribution in [0.2, 0.25) is 0 Å². The molecule has 0 aliphatic carbocycles. The Hall–Kier alpha value is -3.66. The van der Waals surface area contributed by atoms with Gasteiger partial charge >= 0.3 is 0 Å². The third kappa shape index (κ3) is 6.02. The Balaban J connectivity index is 1.65. The van der Waals surface area contributed by atoms with Crippen LogP contribution in [0.3, 0.4) is 0 Å². The number of nitrogens with two attached hydrogens (primary N) is 1. The summed E-state index contributed by atoms with van der Waals surface area (Å²) in [6.45, 7) is 7.07. The molecule has 1 fully saturated rings. The van der Waals surface area contributed by atoms with Crippen LogP contribution in [-0.2, 0) is 22.9 Å². The van der Waals surface area contributed by atoms with Crippen LogP contribution >= 0.6 is 0 Å². The number of ether oxygens (including phenoxy) is 1. The van der Waals surface area contributed by atoms with Crippen LogP contribution < -0.4 is 20.1 Å². The van der Waals surface area contributed by atoms with Crippen molar-refractivity contribution in [3.63, 3.8) is 0 Å². The summed E-state index contributed by atoms with van der Waals surface area (Å²) >= 11 is 0. The van der Waals surface area contributed by atoms with Crippen LogP contribution in [0.1, 0.15) is 48.7 Å². The molecule has 1 atom stereocenters. The number of hydrogen-bond donors (Lipinski definition) is 2. The highest BCUT2D eigenvalue weighted by molar-refractivity contribution is 7.90. The van der Waals surface area contributed by atoms with E-state index >= 15 is 0 Å². The average Bonchev–Trinajstić information content (AvgIpc) is 3.14. The molecule has 3 heterocycles. The van der Waals surface area contributed by atoms with Gasteiger partial charge in [-0.3, -0.25) is 4.79 Å². The van der Waals surface area contributed by atoms with E-state index in [-0.39, 0.29) is 21.9 Å². The van der Waals surface area contributed by atoms with Gasteiger partial charge in [-0.1, -0.05) is 25.1 Å². The van der Waals surface area contributed by atoms with Gasteiger partial charge in [-0.2, -0.15) is 8.42 Å². The van der Waals surface area contributed by atoms with Gasteiger partial charge in [-0.05, 0) is 80.5 Å². The number of nitrogens with zero attached hydrogens (tertiary/aromatic N) is 3. The topological polar surface area (TPSA) is 128 Å². The number of aromatic nitrogens is 2. The predicted octanol–water partition coefficient (Wildman–Crippen LogP) is 3.60. The maximum absolute atomic E-state index is 13.5. The van der Waals surface area contributed by atoms with E-state index in [1.807, 2.05) is 24.3 Å². The Morgan fingerprint density at radius 2 is 1.86 bits per heavy atom. The molecule has 1 saturated heterocycles. The Bertz CT molecular complexity index is 1390. The number of hydrogen-bond acceptors (Lipinski definition) is 8. The monoisotopic (exact) mass is 523 g/mol. The second kappa shape index (κ2) is 10.4. The van der Waals surface area contributed by atoms with Crippen molar-refractivity contribution in [2.24, 2.45) is 5.92 Å².